The summed E-state index contributed by atoms with van der Waals surface area (Å²) < 4.78 is 0. The van der Waals surface area contributed by atoms with Crippen molar-refractivity contribution in [1.29, 1.82) is 0 Å². The number of nitrogens with zero attached hydrogens (tertiary/aromatic N) is 2. The summed E-state index contributed by atoms with van der Waals surface area (Å²) in [6, 6.07) is 0. The average molecular weight is 375 g/mol. The number of hydrogen-bond donors (Lipinski definition) is 0. The van der Waals surface area contributed by atoms with Gasteiger partial charge in [-0.05, 0) is 0 Å². The standard InChI is InChI=1S/C10H16N2O8.Cu.Na/c13-7(14)3-11(4-8(15)16)1-2-12(5-9(17)18)6-10(19)20;;/h1-6H2,(H,13,14)(H,15,16)(H,17,18)(H,19,20);;/q;+2;+1/p-4. The van der Waals surface area contributed by atoms with Crippen LogP contribution in [0, 0.1) is 0 Å². The Morgan fingerprint density at radius 3 is 0.909 bits per heavy atom. The topological polar surface area (TPSA) is 167 Å². The van der Waals surface area contributed by atoms with E-state index in [2.05, 4.69) is 0 Å². The molecule has 1 radical (unpaired) electrons. The number of carbonyl (C=O) groups excluding carboxylic acids is 4. The van der Waals surface area contributed by atoms with E-state index in [0.29, 0.717) is 0 Å². The van der Waals surface area contributed by atoms with E-state index in [1.807, 2.05) is 0 Å². The maximum Gasteiger partial charge on any atom is 2.00 e. The van der Waals surface area contributed by atoms with Crippen LogP contribution in [0.3, 0.4) is 0 Å². The van der Waals surface area contributed by atoms with Gasteiger partial charge in [0.1, 0.15) is 0 Å². The Hall–Kier alpha value is -0.681. The minimum atomic E-state index is -1.53. The van der Waals surface area contributed by atoms with Crippen molar-refractivity contribution >= 4 is 23.9 Å². The Morgan fingerprint density at radius 2 is 0.773 bits per heavy atom. The number of carboxylic acid groups (broad SMARTS) is 4. The predicted octanol–water partition coefficient (Wildman–Crippen LogP) is -10.4. The molecule has 0 spiro atoms. The van der Waals surface area contributed by atoms with Gasteiger partial charge in [0.2, 0.25) is 0 Å². The van der Waals surface area contributed by atoms with Crippen LogP contribution in [0.25, 0.3) is 0 Å². The van der Waals surface area contributed by atoms with E-state index < -0.39 is 50.1 Å². The fraction of sp³-hybridized carbons (Fsp3) is 0.600. The van der Waals surface area contributed by atoms with E-state index in [4.69, 9.17) is 0 Å². The first-order chi connectivity index (χ1) is 9.20. The first-order valence-corrected chi connectivity index (χ1v) is 5.44. The molecule has 0 aromatic heterocycles. The largest absolute Gasteiger partial charge is 2.00 e. The molecule has 10 nitrogen and oxygen atoms in total. The summed E-state index contributed by atoms with van der Waals surface area (Å²) in [6.45, 7) is -3.25. The molecule has 0 bridgehead atoms. The van der Waals surface area contributed by atoms with Gasteiger partial charge in [0.25, 0.3) is 0 Å². The summed E-state index contributed by atoms with van der Waals surface area (Å²) >= 11 is 0. The molecule has 0 N–H and O–H groups in total. The van der Waals surface area contributed by atoms with E-state index in [-0.39, 0.29) is 59.7 Å². The van der Waals surface area contributed by atoms with Crippen molar-refractivity contribution in [2.24, 2.45) is 0 Å². The third kappa shape index (κ3) is 15.7. The summed E-state index contributed by atoms with van der Waals surface area (Å²) in [5.41, 5.74) is 0. The van der Waals surface area contributed by atoms with Crippen LogP contribution in [0.1, 0.15) is 0 Å². The molecule has 0 aromatic carbocycles. The number of aliphatic carboxylic acids is 4. The molecule has 22 heavy (non-hydrogen) atoms. The van der Waals surface area contributed by atoms with Crippen LogP contribution in [0.5, 0.6) is 0 Å². The van der Waals surface area contributed by atoms with Gasteiger partial charge in [-0.1, -0.05) is 0 Å². The second-order valence-corrected chi connectivity index (χ2v) is 3.91. The smallest absolute Gasteiger partial charge is 0.549 e. The van der Waals surface area contributed by atoms with E-state index in [0.717, 1.165) is 9.80 Å². The molecule has 0 saturated carbocycles. The Labute approximate surface area is 158 Å². The number of carboxylic acids is 4. The molecule has 12 heteroatoms. The monoisotopic (exact) mass is 374 g/mol. The van der Waals surface area contributed by atoms with E-state index in [9.17, 15) is 39.6 Å². The van der Waals surface area contributed by atoms with Gasteiger partial charge in [-0.25, -0.2) is 0 Å². The third-order valence-corrected chi connectivity index (χ3v) is 2.14. The molecule has 0 aromatic rings. The second-order valence-electron chi connectivity index (χ2n) is 3.91. The van der Waals surface area contributed by atoms with Gasteiger partial charge in [-0.3, -0.25) is 9.80 Å². The predicted molar refractivity (Wildman–Crippen MR) is 52.9 cm³/mol. The van der Waals surface area contributed by atoms with Crippen molar-refractivity contribution in [3.05, 3.63) is 0 Å². The van der Waals surface area contributed by atoms with Crippen LogP contribution in [-0.2, 0) is 36.2 Å². The molecule has 0 heterocycles. The molecule has 0 amide bonds. The first-order valence-electron chi connectivity index (χ1n) is 5.44. The van der Waals surface area contributed by atoms with Gasteiger partial charge in [-0.15, -0.1) is 0 Å². The molecule has 123 valence electrons. The quantitative estimate of drug-likeness (QED) is 0.316. The van der Waals surface area contributed by atoms with Crippen molar-refractivity contribution < 1.29 is 86.2 Å². The molecule has 0 rings (SSSR count). The summed E-state index contributed by atoms with van der Waals surface area (Å²) in [7, 11) is 0. The van der Waals surface area contributed by atoms with Gasteiger partial charge >= 0.3 is 46.6 Å². The summed E-state index contributed by atoms with van der Waals surface area (Å²) in [5, 5.41) is 41.6. The molecule has 0 aliphatic carbocycles. The number of hydrogen-bond acceptors (Lipinski definition) is 10. The van der Waals surface area contributed by atoms with Crippen LogP contribution >= 0.6 is 0 Å². The summed E-state index contributed by atoms with van der Waals surface area (Å²) in [6.07, 6.45) is 0. The zero-order valence-corrected chi connectivity index (χ0v) is 14.6. The molecule has 0 aliphatic heterocycles. The molecule has 0 aliphatic rings. The molecule has 0 atom stereocenters. The van der Waals surface area contributed by atoms with Gasteiger partial charge in [0.15, 0.2) is 0 Å². The van der Waals surface area contributed by atoms with E-state index in [1.165, 1.54) is 0 Å². The van der Waals surface area contributed by atoms with Crippen molar-refractivity contribution in [2.75, 3.05) is 39.3 Å². The zero-order valence-electron chi connectivity index (χ0n) is 11.7. The van der Waals surface area contributed by atoms with Crippen LogP contribution in [0.2, 0.25) is 0 Å². The number of carbonyl (C=O) groups is 4. The van der Waals surface area contributed by atoms with Crippen LogP contribution in [0.4, 0.5) is 0 Å². The Morgan fingerprint density at radius 1 is 0.591 bits per heavy atom. The van der Waals surface area contributed by atoms with Gasteiger partial charge in [-0.2, -0.15) is 0 Å². The van der Waals surface area contributed by atoms with E-state index in [1.54, 1.807) is 0 Å². The van der Waals surface area contributed by atoms with E-state index >= 15 is 0 Å². The normalized spacial score (nSPS) is 9.73. The van der Waals surface area contributed by atoms with Gasteiger partial charge < -0.3 is 39.6 Å². The minimum Gasteiger partial charge on any atom is -0.549 e. The van der Waals surface area contributed by atoms with Crippen molar-refractivity contribution in [3.63, 3.8) is 0 Å². The van der Waals surface area contributed by atoms with Crippen molar-refractivity contribution in [3.8, 4) is 0 Å². The zero-order chi connectivity index (χ0) is 15.7. The number of rotatable bonds is 11. The SMILES string of the molecule is O=C([O-])CN(CCN(CC(=O)[O-])CC(=O)[O-])CC(=O)[O-].[Cu+2].[Na+]. The van der Waals surface area contributed by atoms with Crippen LogP contribution < -0.4 is 50.0 Å². The Bertz CT molecular complexity index is 327. The first kappa shape index (κ1) is 26.2. The molecular weight excluding hydrogens is 363 g/mol. The second kappa shape index (κ2) is 13.9. The van der Waals surface area contributed by atoms with Gasteiger partial charge in [0.05, 0.1) is 23.9 Å². The third-order valence-electron chi connectivity index (χ3n) is 2.14. The molecule has 0 fully saturated rings. The average Bonchev–Trinajstić information content (AvgIpc) is 2.22. The van der Waals surface area contributed by atoms with Crippen LogP contribution in [0.15, 0.2) is 0 Å². The van der Waals surface area contributed by atoms with Gasteiger partial charge in [0, 0.05) is 39.3 Å². The molecule has 0 unspecified atom stereocenters. The minimum absolute atomic E-state index is 0. The summed E-state index contributed by atoms with van der Waals surface area (Å²) in [5.74, 6) is -6.12. The fourth-order valence-corrected chi connectivity index (χ4v) is 1.44. The Kier molecular flexibility index (Phi) is 16.6. The Balaban J connectivity index is -0.00000180. The fourth-order valence-electron chi connectivity index (χ4n) is 1.44. The van der Waals surface area contributed by atoms with Crippen LogP contribution in [-0.4, -0.2) is 72.9 Å². The molecular formula is C10H12CuN2NaO8-. The summed E-state index contributed by atoms with van der Waals surface area (Å²) in [4.78, 5) is 43.4. The molecule has 0 saturated heterocycles. The maximum absolute atomic E-state index is 10.4. The van der Waals surface area contributed by atoms with Crippen molar-refractivity contribution in [1.82, 2.24) is 9.80 Å². The van der Waals surface area contributed by atoms with Crippen molar-refractivity contribution in [2.45, 2.75) is 0 Å². The maximum atomic E-state index is 10.4.